The van der Waals surface area contributed by atoms with Crippen LogP contribution in [0.25, 0.3) is 0 Å². The molecule has 1 heterocycles. The minimum absolute atomic E-state index is 0.00241. The van der Waals surface area contributed by atoms with Gasteiger partial charge < -0.3 is 0 Å². The third-order valence-corrected chi connectivity index (χ3v) is 3.63. The molecule has 0 aliphatic carbocycles. The number of benzene rings is 2. The van der Waals surface area contributed by atoms with Crippen molar-refractivity contribution >= 4 is 5.71 Å². The lowest BCUT2D eigenvalue weighted by Gasteiger charge is -2.15. The van der Waals surface area contributed by atoms with Gasteiger partial charge in [0.05, 0.1) is 0 Å². The highest BCUT2D eigenvalue weighted by Gasteiger charge is 2.13. The zero-order valence-corrected chi connectivity index (χ0v) is 12.6. The smallest absolute Gasteiger partial charge is 0.100 e. The minimum atomic E-state index is 0.00241. The summed E-state index contributed by atoms with van der Waals surface area (Å²) in [7, 11) is 0. The molecule has 22 heavy (non-hydrogen) atoms. The predicted molar refractivity (Wildman–Crippen MR) is 91.2 cm³/mol. The summed E-state index contributed by atoms with van der Waals surface area (Å²) in [5.41, 5.74) is 4.43. The second-order valence-electron chi connectivity index (χ2n) is 5.18. The molecule has 0 bridgehead atoms. The monoisotopic (exact) mass is 286 g/mol. The van der Waals surface area contributed by atoms with Crippen molar-refractivity contribution in [3.05, 3.63) is 102 Å². The second kappa shape index (κ2) is 6.81. The van der Waals surface area contributed by atoms with Gasteiger partial charge in [0.15, 0.2) is 0 Å². The average molecular weight is 286 g/mol. The van der Waals surface area contributed by atoms with Gasteiger partial charge in [0, 0.05) is 23.7 Å². The standard InChI is InChI=1S/C20H18N2/c1-16(19-13-8-14-21-15-19)22-20(17-9-4-2-5-10-17)18-11-6-3-7-12-18/h2-15,20H,1H3/b22-16+. The normalized spacial score (nSPS) is 11.6. The number of aliphatic imine (C=N–C) groups is 1. The molecule has 0 aliphatic rings. The van der Waals surface area contributed by atoms with Gasteiger partial charge in [-0.05, 0) is 24.1 Å². The van der Waals surface area contributed by atoms with Gasteiger partial charge in [-0.1, -0.05) is 66.7 Å². The van der Waals surface area contributed by atoms with Crippen LogP contribution < -0.4 is 0 Å². The highest BCUT2D eigenvalue weighted by molar-refractivity contribution is 5.98. The Bertz CT molecular complexity index is 695. The molecule has 2 nitrogen and oxygen atoms in total. The van der Waals surface area contributed by atoms with Crippen LogP contribution >= 0.6 is 0 Å². The van der Waals surface area contributed by atoms with E-state index < -0.39 is 0 Å². The van der Waals surface area contributed by atoms with Crippen LogP contribution in [-0.2, 0) is 0 Å². The Morgan fingerprint density at radius 3 is 1.91 bits per heavy atom. The van der Waals surface area contributed by atoms with Gasteiger partial charge in [-0.2, -0.15) is 0 Å². The fourth-order valence-corrected chi connectivity index (χ4v) is 2.46. The Morgan fingerprint density at radius 2 is 1.41 bits per heavy atom. The maximum atomic E-state index is 4.96. The molecule has 108 valence electrons. The van der Waals surface area contributed by atoms with Gasteiger partial charge >= 0.3 is 0 Å². The van der Waals surface area contributed by atoms with Crippen molar-refractivity contribution < 1.29 is 0 Å². The molecule has 0 aliphatic heterocycles. The van der Waals surface area contributed by atoms with Gasteiger partial charge in [-0.3, -0.25) is 9.98 Å². The van der Waals surface area contributed by atoms with Crippen LogP contribution in [0, 0.1) is 0 Å². The average Bonchev–Trinajstić information content (AvgIpc) is 2.62. The Hall–Kier alpha value is -2.74. The predicted octanol–water partition coefficient (Wildman–Crippen LogP) is 4.68. The molecule has 0 N–H and O–H groups in total. The van der Waals surface area contributed by atoms with Crippen LogP contribution in [-0.4, -0.2) is 10.7 Å². The van der Waals surface area contributed by atoms with E-state index in [0.717, 1.165) is 11.3 Å². The molecule has 3 rings (SSSR count). The number of aromatic nitrogens is 1. The summed E-state index contributed by atoms with van der Waals surface area (Å²) >= 11 is 0. The van der Waals surface area contributed by atoms with E-state index in [9.17, 15) is 0 Å². The van der Waals surface area contributed by atoms with Crippen molar-refractivity contribution in [1.82, 2.24) is 4.98 Å². The maximum absolute atomic E-state index is 4.96. The van der Waals surface area contributed by atoms with E-state index in [0.29, 0.717) is 0 Å². The fourth-order valence-electron chi connectivity index (χ4n) is 2.46. The van der Waals surface area contributed by atoms with Gasteiger partial charge in [-0.15, -0.1) is 0 Å². The van der Waals surface area contributed by atoms with Crippen LogP contribution in [0.3, 0.4) is 0 Å². The number of hydrogen-bond donors (Lipinski definition) is 0. The van der Waals surface area contributed by atoms with Crippen molar-refractivity contribution in [2.75, 3.05) is 0 Å². The number of rotatable bonds is 4. The molecule has 0 fully saturated rings. The Kier molecular flexibility index (Phi) is 4.40. The van der Waals surface area contributed by atoms with E-state index in [1.54, 1.807) is 6.20 Å². The van der Waals surface area contributed by atoms with Crippen LogP contribution in [0.5, 0.6) is 0 Å². The number of pyridine rings is 1. The molecular formula is C20H18N2. The largest absolute Gasteiger partial charge is 0.276 e. The van der Waals surface area contributed by atoms with Gasteiger partial charge in [0.1, 0.15) is 6.04 Å². The lowest BCUT2D eigenvalue weighted by Crippen LogP contribution is -2.03. The molecule has 2 heteroatoms. The van der Waals surface area contributed by atoms with Crippen molar-refractivity contribution in [2.45, 2.75) is 13.0 Å². The zero-order valence-electron chi connectivity index (χ0n) is 12.6. The first-order valence-electron chi connectivity index (χ1n) is 7.39. The van der Waals surface area contributed by atoms with Gasteiger partial charge in [0.25, 0.3) is 0 Å². The minimum Gasteiger partial charge on any atom is -0.276 e. The summed E-state index contributed by atoms with van der Waals surface area (Å²) in [5, 5.41) is 0. The summed E-state index contributed by atoms with van der Waals surface area (Å²) in [5.74, 6) is 0. The molecule has 0 radical (unpaired) electrons. The molecule has 1 aromatic heterocycles. The van der Waals surface area contributed by atoms with Crippen LogP contribution in [0.4, 0.5) is 0 Å². The topological polar surface area (TPSA) is 25.2 Å². The van der Waals surface area contributed by atoms with E-state index in [1.165, 1.54) is 11.1 Å². The molecule has 2 aromatic carbocycles. The lowest BCUT2D eigenvalue weighted by atomic mass is 9.99. The van der Waals surface area contributed by atoms with E-state index in [1.807, 2.05) is 37.4 Å². The molecule has 0 amide bonds. The highest BCUT2D eigenvalue weighted by atomic mass is 14.8. The molecule has 0 saturated carbocycles. The summed E-state index contributed by atoms with van der Waals surface area (Å²) in [6, 6.07) is 24.8. The van der Waals surface area contributed by atoms with Crippen molar-refractivity contribution in [3.8, 4) is 0 Å². The number of nitrogens with zero attached hydrogens (tertiary/aromatic N) is 2. The molecule has 0 unspecified atom stereocenters. The molecule has 3 aromatic rings. The maximum Gasteiger partial charge on any atom is 0.100 e. The first-order chi connectivity index (χ1) is 10.8. The second-order valence-corrected chi connectivity index (χ2v) is 5.18. The number of hydrogen-bond acceptors (Lipinski definition) is 2. The van der Waals surface area contributed by atoms with Gasteiger partial charge in [-0.25, -0.2) is 0 Å². The quantitative estimate of drug-likeness (QED) is 0.639. The van der Waals surface area contributed by atoms with E-state index in [4.69, 9.17) is 4.99 Å². The third kappa shape index (κ3) is 3.29. The first-order valence-corrected chi connectivity index (χ1v) is 7.39. The molecular weight excluding hydrogens is 268 g/mol. The van der Waals surface area contributed by atoms with E-state index in [-0.39, 0.29) is 6.04 Å². The Labute approximate surface area is 131 Å². The van der Waals surface area contributed by atoms with Gasteiger partial charge in [0.2, 0.25) is 0 Å². The van der Waals surface area contributed by atoms with Crippen molar-refractivity contribution in [2.24, 2.45) is 4.99 Å². The van der Waals surface area contributed by atoms with Crippen LogP contribution in [0.15, 0.2) is 90.2 Å². The third-order valence-electron chi connectivity index (χ3n) is 3.63. The zero-order chi connectivity index (χ0) is 15.2. The van der Waals surface area contributed by atoms with Crippen molar-refractivity contribution in [3.63, 3.8) is 0 Å². The molecule has 0 saturated heterocycles. The van der Waals surface area contributed by atoms with Crippen LogP contribution in [0.1, 0.15) is 29.7 Å². The Balaban J connectivity index is 2.03. The lowest BCUT2D eigenvalue weighted by molar-refractivity contribution is 0.872. The first kappa shape index (κ1) is 14.2. The fraction of sp³-hybridized carbons (Fsp3) is 0.100. The Morgan fingerprint density at radius 1 is 0.818 bits per heavy atom. The van der Waals surface area contributed by atoms with Crippen LogP contribution in [0.2, 0.25) is 0 Å². The highest BCUT2D eigenvalue weighted by Crippen LogP contribution is 2.26. The summed E-state index contributed by atoms with van der Waals surface area (Å²) in [6.07, 6.45) is 3.63. The van der Waals surface area contributed by atoms with E-state index in [2.05, 4.69) is 53.5 Å². The molecule has 0 atom stereocenters. The summed E-state index contributed by atoms with van der Waals surface area (Å²) < 4.78 is 0. The summed E-state index contributed by atoms with van der Waals surface area (Å²) in [4.78, 5) is 9.14. The van der Waals surface area contributed by atoms with E-state index >= 15 is 0 Å². The summed E-state index contributed by atoms with van der Waals surface area (Å²) in [6.45, 7) is 2.04. The van der Waals surface area contributed by atoms with Crippen molar-refractivity contribution in [1.29, 1.82) is 0 Å². The molecule has 0 spiro atoms. The SMILES string of the molecule is C/C(=N\C(c1ccccc1)c1ccccc1)c1cccnc1.